The molecule has 2 atom stereocenters. The number of carbonyl (C=O) groups excluding carboxylic acids is 1. The van der Waals surface area contributed by atoms with Crippen LogP contribution in [0.15, 0.2) is 19.4 Å². The van der Waals surface area contributed by atoms with Crippen molar-refractivity contribution < 1.29 is 4.79 Å². The first-order valence-corrected chi connectivity index (χ1v) is 8.10. The Kier molecular flexibility index (Phi) is 5.87. The molecule has 1 aliphatic rings. The molecule has 0 aromatic carbocycles. The molecule has 2 unspecified atom stereocenters. The van der Waals surface area contributed by atoms with Crippen molar-refractivity contribution in [2.45, 2.75) is 64.0 Å². The fourth-order valence-corrected chi connectivity index (χ4v) is 3.56. The number of hydrogen-bond donors (Lipinski definition) is 2. The average molecular weight is 322 g/mol. The topological polar surface area (TPSA) is 117 Å². The van der Waals surface area contributed by atoms with E-state index >= 15 is 0 Å². The van der Waals surface area contributed by atoms with E-state index in [0.29, 0.717) is 6.42 Å². The second kappa shape index (κ2) is 7.87. The maximum atomic E-state index is 12.2. The van der Waals surface area contributed by atoms with Gasteiger partial charge in [0.15, 0.2) is 0 Å². The Bertz CT molecular complexity index is 701. The van der Waals surface area contributed by atoms with Gasteiger partial charge in [-0.05, 0) is 25.2 Å². The molecule has 1 aromatic rings. The zero-order chi connectivity index (χ0) is 16.8. The largest absolute Gasteiger partial charge is 0.334 e. The van der Waals surface area contributed by atoms with Gasteiger partial charge in [-0.2, -0.15) is 0 Å². The minimum Gasteiger partial charge on any atom is -0.259 e. The summed E-state index contributed by atoms with van der Waals surface area (Å²) in [4.78, 5) is 54.5. The number of H-pyrrole nitrogens is 2. The van der Waals surface area contributed by atoms with Crippen LogP contribution in [0.2, 0.25) is 0 Å². The number of aromatic nitrogens is 3. The van der Waals surface area contributed by atoms with Gasteiger partial charge < -0.3 is 0 Å². The van der Waals surface area contributed by atoms with Gasteiger partial charge in [0.2, 0.25) is 6.08 Å². The van der Waals surface area contributed by atoms with Crippen LogP contribution in [0.5, 0.6) is 0 Å². The molecule has 0 aliphatic heterocycles. The number of aliphatic imine (C=N–C) groups is 1. The molecule has 126 valence electrons. The van der Waals surface area contributed by atoms with E-state index in [1.54, 1.807) is 6.08 Å². The van der Waals surface area contributed by atoms with Gasteiger partial charge in [0, 0.05) is 0 Å². The summed E-state index contributed by atoms with van der Waals surface area (Å²) in [5.41, 5.74) is -2.34. The van der Waals surface area contributed by atoms with Crippen LogP contribution in [0.4, 0.5) is 0 Å². The highest BCUT2D eigenvalue weighted by Gasteiger charge is 2.34. The molecule has 2 rings (SSSR count). The van der Waals surface area contributed by atoms with E-state index in [9.17, 15) is 19.2 Å². The van der Waals surface area contributed by atoms with Crippen LogP contribution in [-0.2, 0) is 4.79 Å². The molecular formula is C15H22N4O4. The van der Waals surface area contributed by atoms with Crippen molar-refractivity contribution in [3.63, 3.8) is 0 Å². The zero-order valence-electron chi connectivity index (χ0n) is 13.2. The fourth-order valence-electron chi connectivity index (χ4n) is 3.56. The van der Waals surface area contributed by atoms with Gasteiger partial charge >= 0.3 is 17.1 Å². The Labute approximate surface area is 132 Å². The summed E-state index contributed by atoms with van der Waals surface area (Å²) in [5, 5.41) is 0. The van der Waals surface area contributed by atoms with Crippen LogP contribution >= 0.6 is 0 Å². The van der Waals surface area contributed by atoms with Gasteiger partial charge in [-0.1, -0.05) is 32.6 Å². The van der Waals surface area contributed by atoms with Crippen LogP contribution in [0, 0.1) is 5.92 Å². The molecule has 0 spiro atoms. The zero-order valence-corrected chi connectivity index (χ0v) is 13.2. The van der Waals surface area contributed by atoms with Crippen molar-refractivity contribution in [1.82, 2.24) is 14.5 Å². The van der Waals surface area contributed by atoms with Gasteiger partial charge in [0.25, 0.3) is 0 Å². The van der Waals surface area contributed by atoms with Crippen molar-refractivity contribution in [3.05, 3.63) is 31.5 Å². The van der Waals surface area contributed by atoms with Crippen LogP contribution in [0.3, 0.4) is 0 Å². The third kappa shape index (κ3) is 3.96. The molecule has 1 heterocycles. The molecule has 1 saturated carbocycles. The normalized spacial score (nSPS) is 18.1. The number of nitrogens with one attached hydrogen (secondary N) is 2. The lowest BCUT2D eigenvalue weighted by Crippen LogP contribution is -2.49. The quantitative estimate of drug-likeness (QED) is 0.596. The lowest BCUT2D eigenvalue weighted by atomic mass is 9.80. The van der Waals surface area contributed by atoms with Crippen LogP contribution in [0.1, 0.15) is 57.9 Å². The van der Waals surface area contributed by atoms with Crippen LogP contribution < -0.4 is 17.1 Å². The molecule has 0 amide bonds. The number of rotatable bonds is 6. The lowest BCUT2D eigenvalue weighted by Gasteiger charge is -2.33. The van der Waals surface area contributed by atoms with Crippen molar-refractivity contribution in [2.24, 2.45) is 10.9 Å². The number of nitrogens with zero attached hydrogens (tertiary/aromatic N) is 2. The lowest BCUT2D eigenvalue weighted by molar-refractivity contribution is 0.201. The Morgan fingerprint density at radius 2 is 1.78 bits per heavy atom. The Balaban J connectivity index is 2.56. The molecular weight excluding hydrogens is 300 g/mol. The van der Waals surface area contributed by atoms with E-state index < -0.39 is 29.2 Å². The monoisotopic (exact) mass is 322 g/mol. The van der Waals surface area contributed by atoms with Gasteiger partial charge in [-0.3, -0.25) is 9.97 Å². The average Bonchev–Trinajstić information content (AvgIpc) is 2.51. The summed E-state index contributed by atoms with van der Waals surface area (Å²) in [5.74, 6) is 0.0714. The molecule has 1 fully saturated rings. The minimum atomic E-state index is -0.829. The van der Waals surface area contributed by atoms with Crippen LogP contribution in [0.25, 0.3) is 0 Å². The van der Waals surface area contributed by atoms with Crippen molar-refractivity contribution >= 4 is 6.08 Å². The molecule has 23 heavy (non-hydrogen) atoms. The summed E-state index contributed by atoms with van der Waals surface area (Å²) in [6.45, 7) is 1.95. The van der Waals surface area contributed by atoms with E-state index in [1.807, 2.05) is 6.92 Å². The molecule has 2 N–H and O–H groups in total. The number of aromatic amines is 2. The predicted octanol–water partition coefficient (Wildman–Crippen LogP) is 0.851. The van der Waals surface area contributed by atoms with E-state index in [0.717, 1.165) is 43.1 Å². The highest BCUT2D eigenvalue weighted by atomic mass is 16.2. The summed E-state index contributed by atoms with van der Waals surface area (Å²) in [6.07, 6.45) is 7.78. The standard InChI is InChI=1S/C15H22N4O4/c1-2-6-11(16-9-20)12(10-7-4-3-5-8-10)19-14(22)17-13(21)18-15(19)23/h10-12H,2-8H2,1H3,(H2,17,18,21,22,23). The third-order valence-electron chi connectivity index (χ3n) is 4.51. The molecule has 0 saturated heterocycles. The minimum absolute atomic E-state index is 0.0714. The van der Waals surface area contributed by atoms with Crippen molar-refractivity contribution in [1.29, 1.82) is 0 Å². The molecule has 8 heteroatoms. The van der Waals surface area contributed by atoms with E-state index in [4.69, 9.17) is 0 Å². The second-order valence-corrected chi connectivity index (χ2v) is 6.02. The molecule has 0 bridgehead atoms. The summed E-state index contributed by atoms with van der Waals surface area (Å²) in [6, 6.07) is -1.03. The first-order valence-electron chi connectivity index (χ1n) is 8.10. The van der Waals surface area contributed by atoms with Crippen LogP contribution in [-0.4, -0.2) is 26.7 Å². The van der Waals surface area contributed by atoms with Gasteiger partial charge in [-0.25, -0.2) is 28.7 Å². The maximum Gasteiger partial charge on any atom is 0.334 e. The Morgan fingerprint density at radius 3 is 2.30 bits per heavy atom. The van der Waals surface area contributed by atoms with E-state index in [-0.39, 0.29) is 5.92 Å². The summed E-state index contributed by atoms with van der Waals surface area (Å²) in [7, 11) is 0. The first-order chi connectivity index (χ1) is 11.1. The molecule has 8 nitrogen and oxygen atoms in total. The Hall–Kier alpha value is -2.21. The fraction of sp³-hybridized carbons (Fsp3) is 0.733. The Morgan fingerprint density at radius 1 is 1.17 bits per heavy atom. The highest BCUT2D eigenvalue weighted by Crippen LogP contribution is 2.35. The maximum absolute atomic E-state index is 12.2. The van der Waals surface area contributed by atoms with Crippen molar-refractivity contribution in [2.75, 3.05) is 0 Å². The van der Waals surface area contributed by atoms with Gasteiger partial charge in [-0.15, -0.1) is 0 Å². The SMILES string of the molecule is CCCC(N=C=O)C(C1CCCCC1)n1c(=O)[nH]c(=O)[nH]c1=O. The number of hydrogen-bond acceptors (Lipinski definition) is 5. The summed E-state index contributed by atoms with van der Waals surface area (Å²) >= 11 is 0. The van der Waals surface area contributed by atoms with Crippen molar-refractivity contribution in [3.8, 4) is 0 Å². The predicted molar refractivity (Wildman–Crippen MR) is 84.4 cm³/mol. The second-order valence-electron chi connectivity index (χ2n) is 6.02. The van der Waals surface area contributed by atoms with E-state index in [2.05, 4.69) is 15.0 Å². The smallest absolute Gasteiger partial charge is 0.259 e. The van der Waals surface area contributed by atoms with Gasteiger partial charge in [0.05, 0.1) is 12.1 Å². The van der Waals surface area contributed by atoms with E-state index in [1.165, 1.54) is 0 Å². The van der Waals surface area contributed by atoms with Gasteiger partial charge in [0.1, 0.15) is 0 Å². The first kappa shape index (κ1) is 17.1. The summed E-state index contributed by atoms with van der Waals surface area (Å²) < 4.78 is 1.03. The molecule has 1 aromatic heterocycles. The molecule has 0 radical (unpaired) electrons. The highest BCUT2D eigenvalue weighted by molar-refractivity contribution is 5.33. The number of isocyanates is 1. The third-order valence-corrected chi connectivity index (χ3v) is 4.51. The molecule has 1 aliphatic carbocycles.